The van der Waals surface area contributed by atoms with Crippen LogP contribution in [0.3, 0.4) is 0 Å². The van der Waals surface area contributed by atoms with Crippen LogP contribution in [0.1, 0.15) is 66.1 Å². The zero-order chi connectivity index (χ0) is 21.5. The number of hydrogen-bond donors (Lipinski definition) is 2. The van der Waals surface area contributed by atoms with Gasteiger partial charge in [0.2, 0.25) is 0 Å². The van der Waals surface area contributed by atoms with Gasteiger partial charge in [-0.1, -0.05) is 20.8 Å². The molecule has 2 heterocycles. The number of fused-ring (bicyclic) bond motifs is 1. The van der Waals surface area contributed by atoms with Gasteiger partial charge in [-0.2, -0.15) is 0 Å². The van der Waals surface area contributed by atoms with Crippen LogP contribution < -0.4 is 4.74 Å². The molecule has 0 unspecified atom stereocenters. The summed E-state index contributed by atoms with van der Waals surface area (Å²) < 4.78 is 5.73. The predicted octanol–water partition coefficient (Wildman–Crippen LogP) is 4.70. The predicted molar refractivity (Wildman–Crippen MR) is 124 cm³/mol. The first-order chi connectivity index (χ1) is 13.5. The molecule has 6 nitrogen and oxygen atoms in total. The zero-order valence-electron chi connectivity index (χ0n) is 18.4. The number of ketones is 1. The van der Waals surface area contributed by atoms with Crippen molar-refractivity contribution in [3.63, 3.8) is 0 Å². The minimum absolute atomic E-state index is 0. The molecule has 0 saturated carbocycles. The first kappa shape index (κ1) is 23.9. The van der Waals surface area contributed by atoms with Crippen molar-refractivity contribution in [3.05, 3.63) is 51.8 Å². The summed E-state index contributed by atoms with van der Waals surface area (Å²) in [6.07, 6.45) is 0. The molecule has 0 spiro atoms. The average molecular weight is 476 g/mol. The van der Waals surface area contributed by atoms with Crippen molar-refractivity contribution >= 4 is 28.6 Å². The van der Waals surface area contributed by atoms with Crippen molar-refractivity contribution in [1.29, 1.82) is 5.41 Å². The van der Waals surface area contributed by atoms with Crippen LogP contribution in [-0.4, -0.2) is 39.8 Å². The van der Waals surface area contributed by atoms with Gasteiger partial charge < -0.3 is 14.7 Å². The SMILES string of the molecule is Br.CCOc1c(C)nc2c(c1C)CN(CC(=O)c1ccc(O)c(C(C)(C)C)c1)C2=N. The Hall–Kier alpha value is -2.41. The Bertz CT molecular complexity index is 996. The standard InChI is InChI=1S/C23H29N3O3.BrH/c1-7-29-21-13(2)16-11-26(22(24)20(16)25-14(21)3)12-19(28)15-8-9-18(27)17(10-15)23(4,5)6;/h8-10,24,27H,7,11-12H2,1-6H3;1H. The van der Waals surface area contributed by atoms with E-state index in [1.165, 1.54) is 0 Å². The molecule has 1 aromatic heterocycles. The maximum Gasteiger partial charge on any atom is 0.182 e. The van der Waals surface area contributed by atoms with Crippen LogP contribution in [0.4, 0.5) is 0 Å². The third-order valence-corrected chi connectivity index (χ3v) is 5.33. The lowest BCUT2D eigenvalue weighted by molar-refractivity contribution is 0.0962. The van der Waals surface area contributed by atoms with Gasteiger partial charge in [0.25, 0.3) is 0 Å². The second kappa shape index (κ2) is 8.76. The van der Waals surface area contributed by atoms with Gasteiger partial charge >= 0.3 is 0 Å². The quantitative estimate of drug-likeness (QED) is 0.611. The van der Waals surface area contributed by atoms with Gasteiger partial charge in [-0.15, -0.1) is 17.0 Å². The molecule has 1 aliphatic rings. The number of carbonyl (C=O) groups is 1. The number of nitrogens with one attached hydrogen (secondary N) is 1. The fourth-order valence-electron chi connectivity index (χ4n) is 3.75. The van der Waals surface area contributed by atoms with Crippen LogP contribution in [0.15, 0.2) is 18.2 Å². The molecule has 3 rings (SSSR count). The Morgan fingerprint density at radius 3 is 2.57 bits per heavy atom. The Morgan fingerprint density at radius 2 is 1.97 bits per heavy atom. The van der Waals surface area contributed by atoms with E-state index in [1.54, 1.807) is 23.1 Å². The Morgan fingerprint density at radius 1 is 1.30 bits per heavy atom. The van der Waals surface area contributed by atoms with Crippen molar-refractivity contribution < 1.29 is 14.6 Å². The van der Waals surface area contributed by atoms with Crippen molar-refractivity contribution in [1.82, 2.24) is 9.88 Å². The van der Waals surface area contributed by atoms with Gasteiger partial charge in [-0.05, 0) is 49.9 Å². The molecule has 0 amide bonds. The molecule has 2 N–H and O–H groups in total. The third-order valence-electron chi connectivity index (χ3n) is 5.33. The number of rotatable bonds is 5. The number of amidine groups is 1. The first-order valence-electron chi connectivity index (χ1n) is 9.88. The number of benzene rings is 1. The number of aromatic nitrogens is 1. The van der Waals surface area contributed by atoms with Crippen molar-refractivity contribution in [3.8, 4) is 11.5 Å². The van der Waals surface area contributed by atoms with Crippen LogP contribution in [0, 0.1) is 19.3 Å². The molecule has 2 aromatic rings. The molecule has 30 heavy (non-hydrogen) atoms. The second-order valence-corrected chi connectivity index (χ2v) is 8.52. The average Bonchev–Trinajstić information content (AvgIpc) is 2.94. The summed E-state index contributed by atoms with van der Waals surface area (Å²) in [6, 6.07) is 4.97. The van der Waals surface area contributed by atoms with Gasteiger partial charge in [0.15, 0.2) is 5.78 Å². The highest BCUT2D eigenvalue weighted by atomic mass is 79.9. The van der Waals surface area contributed by atoms with E-state index in [0.29, 0.717) is 24.4 Å². The number of Topliss-reactive ketones (excluding diaryl/α,β-unsaturated/α-hetero) is 1. The largest absolute Gasteiger partial charge is 0.508 e. The summed E-state index contributed by atoms with van der Waals surface area (Å²) in [5, 5.41) is 18.7. The van der Waals surface area contributed by atoms with E-state index in [1.807, 2.05) is 41.5 Å². The van der Waals surface area contributed by atoms with Crippen molar-refractivity contribution in [2.24, 2.45) is 0 Å². The summed E-state index contributed by atoms with van der Waals surface area (Å²) >= 11 is 0. The number of carbonyl (C=O) groups excluding carboxylic acids is 1. The number of ether oxygens (including phenoxy) is 1. The number of hydrogen-bond acceptors (Lipinski definition) is 5. The van der Waals surface area contributed by atoms with Gasteiger partial charge in [-0.25, -0.2) is 4.98 Å². The lowest BCUT2D eigenvalue weighted by Crippen LogP contribution is -2.30. The summed E-state index contributed by atoms with van der Waals surface area (Å²) in [5.41, 5.74) is 4.30. The maximum absolute atomic E-state index is 12.9. The lowest BCUT2D eigenvalue weighted by Gasteiger charge is -2.22. The monoisotopic (exact) mass is 475 g/mol. The van der Waals surface area contributed by atoms with Crippen LogP contribution in [0.5, 0.6) is 11.5 Å². The first-order valence-corrected chi connectivity index (χ1v) is 9.88. The van der Waals surface area contributed by atoms with E-state index in [9.17, 15) is 9.90 Å². The summed E-state index contributed by atoms with van der Waals surface area (Å²) in [4.78, 5) is 19.3. The molecule has 0 bridgehead atoms. The van der Waals surface area contributed by atoms with Crippen LogP contribution >= 0.6 is 17.0 Å². The third kappa shape index (κ3) is 4.36. The van der Waals surface area contributed by atoms with Gasteiger partial charge in [-0.3, -0.25) is 10.2 Å². The number of phenols is 1. The molecular formula is C23H30BrN3O3. The Kier molecular flexibility index (Phi) is 6.97. The van der Waals surface area contributed by atoms with E-state index in [4.69, 9.17) is 10.1 Å². The second-order valence-electron chi connectivity index (χ2n) is 8.52. The summed E-state index contributed by atoms with van der Waals surface area (Å²) in [7, 11) is 0. The van der Waals surface area contributed by atoms with E-state index in [-0.39, 0.29) is 46.3 Å². The minimum Gasteiger partial charge on any atom is -0.508 e. The van der Waals surface area contributed by atoms with Gasteiger partial charge in [0, 0.05) is 23.2 Å². The van der Waals surface area contributed by atoms with Crippen LogP contribution in [-0.2, 0) is 12.0 Å². The zero-order valence-corrected chi connectivity index (χ0v) is 20.1. The number of pyridine rings is 1. The highest BCUT2D eigenvalue weighted by molar-refractivity contribution is 8.93. The number of aromatic hydroxyl groups is 1. The molecule has 0 atom stereocenters. The number of aryl methyl sites for hydroxylation is 1. The molecule has 1 aromatic carbocycles. The molecule has 0 fully saturated rings. The molecular weight excluding hydrogens is 446 g/mol. The minimum atomic E-state index is -0.273. The van der Waals surface area contributed by atoms with Crippen molar-refractivity contribution in [2.75, 3.05) is 13.2 Å². The number of halogens is 1. The molecule has 0 aliphatic carbocycles. The van der Waals surface area contributed by atoms with Crippen LogP contribution in [0.25, 0.3) is 0 Å². The molecule has 0 radical (unpaired) electrons. The molecule has 7 heteroatoms. The van der Waals surface area contributed by atoms with E-state index in [0.717, 1.165) is 28.1 Å². The summed E-state index contributed by atoms with van der Waals surface area (Å²) in [6.45, 7) is 12.9. The molecule has 1 aliphatic heterocycles. The highest BCUT2D eigenvalue weighted by Crippen LogP contribution is 2.34. The van der Waals surface area contributed by atoms with Crippen LogP contribution in [0.2, 0.25) is 0 Å². The van der Waals surface area contributed by atoms with E-state index >= 15 is 0 Å². The van der Waals surface area contributed by atoms with Crippen molar-refractivity contribution in [2.45, 2.75) is 53.5 Å². The van der Waals surface area contributed by atoms with Gasteiger partial charge in [0.05, 0.1) is 18.8 Å². The Balaban J connectivity index is 0.00000320. The lowest BCUT2D eigenvalue weighted by atomic mass is 9.85. The Labute approximate surface area is 188 Å². The fraction of sp³-hybridized carbons (Fsp3) is 0.435. The smallest absolute Gasteiger partial charge is 0.182 e. The topological polar surface area (TPSA) is 86.5 Å². The molecule has 162 valence electrons. The number of phenolic OH excluding ortho intramolecular Hbond substituents is 1. The maximum atomic E-state index is 12.9. The molecule has 0 saturated heterocycles. The normalized spacial score (nSPS) is 13.1. The van der Waals surface area contributed by atoms with E-state index < -0.39 is 0 Å². The van der Waals surface area contributed by atoms with E-state index in [2.05, 4.69) is 4.98 Å². The van der Waals surface area contributed by atoms with Gasteiger partial charge in [0.1, 0.15) is 23.0 Å². The highest BCUT2D eigenvalue weighted by Gasteiger charge is 2.31. The fourth-order valence-corrected chi connectivity index (χ4v) is 3.75. The summed E-state index contributed by atoms with van der Waals surface area (Å²) in [5.74, 6) is 1.12. The number of nitrogens with zero attached hydrogens (tertiary/aromatic N) is 2.